The van der Waals surface area contributed by atoms with Crippen LogP contribution in [0, 0.1) is 0 Å². The largest absolute Gasteiger partial charge is 0.494 e. The molecular weight excluding hydrogens is 316 g/mol. The quantitative estimate of drug-likeness (QED) is 0.714. The summed E-state index contributed by atoms with van der Waals surface area (Å²) in [6, 6.07) is 13.1. The lowest BCUT2D eigenvalue weighted by Crippen LogP contribution is -2.01. The Kier molecular flexibility index (Phi) is 6.29. The molecule has 0 aliphatic heterocycles. The topological polar surface area (TPSA) is 55.8 Å². The third-order valence-corrected chi connectivity index (χ3v) is 3.55. The van der Waals surface area contributed by atoms with Crippen LogP contribution in [0.25, 0.3) is 11.1 Å². The van der Waals surface area contributed by atoms with Crippen molar-refractivity contribution < 1.29 is 19.4 Å². The van der Waals surface area contributed by atoms with E-state index in [4.69, 9.17) is 26.2 Å². The zero-order valence-corrected chi connectivity index (χ0v) is 13.7. The SMILES string of the molecule is CCOc1ccc(Cl)c(-c2ccc(OCCCC(=O)O)cc2)c1. The number of carboxylic acids is 1. The van der Waals surface area contributed by atoms with Crippen LogP contribution in [0.15, 0.2) is 42.5 Å². The molecule has 2 rings (SSSR count). The number of aliphatic carboxylic acids is 1. The summed E-state index contributed by atoms with van der Waals surface area (Å²) in [5.74, 6) is 0.671. The molecule has 0 amide bonds. The van der Waals surface area contributed by atoms with Crippen molar-refractivity contribution in [1.29, 1.82) is 0 Å². The lowest BCUT2D eigenvalue weighted by molar-refractivity contribution is -0.137. The smallest absolute Gasteiger partial charge is 0.303 e. The number of hydrogen-bond donors (Lipinski definition) is 1. The Morgan fingerprint density at radius 2 is 1.78 bits per heavy atom. The van der Waals surface area contributed by atoms with Crippen molar-refractivity contribution in [1.82, 2.24) is 0 Å². The van der Waals surface area contributed by atoms with E-state index >= 15 is 0 Å². The minimum Gasteiger partial charge on any atom is -0.494 e. The second-order valence-electron chi connectivity index (χ2n) is 4.94. The predicted molar refractivity (Wildman–Crippen MR) is 90.4 cm³/mol. The van der Waals surface area contributed by atoms with E-state index < -0.39 is 5.97 Å². The molecule has 1 N–H and O–H groups in total. The highest BCUT2D eigenvalue weighted by molar-refractivity contribution is 6.33. The fourth-order valence-corrected chi connectivity index (χ4v) is 2.35. The molecular formula is C18H19ClO4. The van der Waals surface area contributed by atoms with Crippen molar-refractivity contribution in [2.45, 2.75) is 19.8 Å². The van der Waals surface area contributed by atoms with Crippen LogP contribution in [-0.2, 0) is 4.79 Å². The van der Waals surface area contributed by atoms with Crippen LogP contribution in [0.5, 0.6) is 11.5 Å². The molecule has 0 aliphatic rings. The molecule has 0 aromatic heterocycles. The number of rotatable bonds is 8. The molecule has 0 aliphatic carbocycles. The Bertz CT molecular complexity index is 653. The van der Waals surface area contributed by atoms with Gasteiger partial charge in [0.15, 0.2) is 0 Å². The third kappa shape index (κ3) is 5.18. The summed E-state index contributed by atoms with van der Waals surface area (Å²) in [5.41, 5.74) is 1.87. The van der Waals surface area contributed by atoms with Gasteiger partial charge in [0.1, 0.15) is 11.5 Å². The number of carbonyl (C=O) groups is 1. The normalized spacial score (nSPS) is 10.3. The zero-order valence-electron chi connectivity index (χ0n) is 12.9. The van der Waals surface area contributed by atoms with Crippen molar-refractivity contribution in [3.8, 4) is 22.6 Å². The van der Waals surface area contributed by atoms with E-state index in [1.165, 1.54) is 0 Å². The van der Waals surface area contributed by atoms with E-state index in [-0.39, 0.29) is 6.42 Å². The van der Waals surface area contributed by atoms with Gasteiger partial charge in [0.2, 0.25) is 0 Å². The van der Waals surface area contributed by atoms with Crippen LogP contribution < -0.4 is 9.47 Å². The van der Waals surface area contributed by atoms with Crippen LogP contribution >= 0.6 is 11.6 Å². The number of ether oxygens (including phenoxy) is 2. The first kappa shape index (κ1) is 17.2. The van der Waals surface area contributed by atoms with E-state index in [1.54, 1.807) is 0 Å². The van der Waals surface area contributed by atoms with Gasteiger partial charge < -0.3 is 14.6 Å². The van der Waals surface area contributed by atoms with Gasteiger partial charge in [-0.15, -0.1) is 0 Å². The van der Waals surface area contributed by atoms with Gasteiger partial charge in [-0.2, -0.15) is 0 Å². The van der Waals surface area contributed by atoms with Crippen LogP contribution in [0.4, 0.5) is 0 Å². The molecule has 0 saturated heterocycles. The van der Waals surface area contributed by atoms with Gasteiger partial charge in [-0.3, -0.25) is 4.79 Å². The van der Waals surface area contributed by atoms with E-state index in [2.05, 4.69) is 0 Å². The molecule has 4 nitrogen and oxygen atoms in total. The molecule has 0 atom stereocenters. The molecule has 2 aromatic rings. The zero-order chi connectivity index (χ0) is 16.7. The molecule has 0 radical (unpaired) electrons. The summed E-state index contributed by atoms with van der Waals surface area (Å²) in [6.45, 7) is 2.92. The molecule has 23 heavy (non-hydrogen) atoms. The Balaban J connectivity index is 2.04. The number of benzene rings is 2. The van der Waals surface area contributed by atoms with Gasteiger partial charge in [0.05, 0.1) is 13.2 Å². The predicted octanol–water partition coefficient (Wildman–Crippen LogP) is 4.65. The highest BCUT2D eigenvalue weighted by Crippen LogP contribution is 2.32. The summed E-state index contributed by atoms with van der Waals surface area (Å²) in [5, 5.41) is 9.24. The second-order valence-corrected chi connectivity index (χ2v) is 5.35. The highest BCUT2D eigenvalue weighted by atomic mass is 35.5. The van der Waals surface area contributed by atoms with Gasteiger partial charge in [-0.25, -0.2) is 0 Å². The first-order chi connectivity index (χ1) is 11.1. The van der Waals surface area contributed by atoms with Crippen LogP contribution in [0.1, 0.15) is 19.8 Å². The van der Waals surface area contributed by atoms with Crippen LogP contribution in [0.2, 0.25) is 5.02 Å². The lowest BCUT2D eigenvalue weighted by Gasteiger charge is -2.10. The minimum atomic E-state index is -0.812. The summed E-state index contributed by atoms with van der Waals surface area (Å²) in [7, 11) is 0. The number of carboxylic acid groups (broad SMARTS) is 1. The van der Waals surface area contributed by atoms with E-state index in [0.717, 1.165) is 16.9 Å². The van der Waals surface area contributed by atoms with Gasteiger partial charge in [0, 0.05) is 17.0 Å². The molecule has 0 spiro atoms. The van der Waals surface area contributed by atoms with Crippen molar-refractivity contribution in [3.05, 3.63) is 47.5 Å². The summed E-state index contributed by atoms with van der Waals surface area (Å²) >= 11 is 6.26. The monoisotopic (exact) mass is 334 g/mol. The Labute approximate surface area is 140 Å². The van der Waals surface area contributed by atoms with Gasteiger partial charge in [0.25, 0.3) is 0 Å². The van der Waals surface area contributed by atoms with Gasteiger partial charge in [-0.05, 0) is 49.2 Å². The first-order valence-corrected chi connectivity index (χ1v) is 7.85. The third-order valence-electron chi connectivity index (χ3n) is 3.22. The van der Waals surface area contributed by atoms with Crippen LogP contribution in [-0.4, -0.2) is 24.3 Å². The molecule has 122 valence electrons. The highest BCUT2D eigenvalue weighted by Gasteiger charge is 2.06. The average Bonchev–Trinajstić information content (AvgIpc) is 2.54. The summed E-state index contributed by atoms with van der Waals surface area (Å²) < 4.78 is 11.0. The van der Waals surface area contributed by atoms with E-state index in [1.807, 2.05) is 49.4 Å². The Hall–Kier alpha value is -2.20. The molecule has 0 fully saturated rings. The molecule has 2 aromatic carbocycles. The van der Waals surface area contributed by atoms with Crippen LogP contribution in [0.3, 0.4) is 0 Å². The summed E-state index contributed by atoms with van der Waals surface area (Å²) in [6.07, 6.45) is 0.594. The molecule has 0 unspecified atom stereocenters. The van der Waals surface area contributed by atoms with Crippen molar-refractivity contribution in [2.75, 3.05) is 13.2 Å². The average molecular weight is 335 g/mol. The Morgan fingerprint density at radius 1 is 1.09 bits per heavy atom. The van der Waals surface area contributed by atoms with Crippen molar-refractivity contribution >= 4 is 17.6 Å². The maximum atomic E-state index is 10.4. The molecule has 0 saturated carbocycles. The Morgan fingerprint density at radius 3 is 2.43 bits per heavy atom. The molecule has 0 heterocycles. The maximum Gasteiger partial charge on any atom is 0.303 e. The standard InChI is InChI=1S/C18H19ClO4/c1-2-22-15-9-10-17(19)16(12-15)13-5-7-14(8-6-13)23-11-3-4-18(20)21/h5-10,12H,2-4,11H2,1H3,(H,20,21). The molecule has 0 bridgehead atoms. The lowest BCUT2D eigenvalue weighted by atomic mass is 10.1. The van der Waals surface area contributed by atoms with Crippen molar-refractivity contribution in [3.63, 3.8) is 0 Å². The fourth-order valence-electron chi connectivity index (χ4n) is 2.13. The van der Waals surface area contributed by atoms with E-state index in [0.29, 0.717) is 30.4 Å². The summed E-state index contributed by atoms with van der Waals surface area (Å²) in [4.78, 5) is 10.4. The van der Waals surface area contributed by atoms with E-state index in [9.17, 15) is 4.79 Å². The maximum absolute atomic E-state index is 10.4. The molecule has 5 heteroatoms. The first-order valence-electron chi connectivity index (χ1n) is 7.47. The number of hydrogen-bond acceptors (Lipinski definition) is 3. The minimum absolute atomic E-state index is 0.109. The van der Waals surface area contributed by atoms with Crippen molar-refractivity contribution in [2.24, 2.45) is 0 Å². The number of halogens is 1. The second kappa shape index (κ2) is 8.44. The fraction of sp³-hybridized carbons (Fsp3) is 0.278. The van der Waals surface area contributed by atoms with Gasteiger partial charge in [-0.1, -0.05) is 23.7 Å². The van der Waals surface area contributed by atoms with Gasteiger partial charge >= 0.3 is 5.97 Å².